The monoisotopic (exact) mass is 293 g/mol. The summed E-state index contributed by atoms with van der Waals surface area (Å²) in [6.07, 6.45) is 0. The van der Waals surface area contributed by atoms with Crippen LogP contribution in [-0.2, 0) is 5.75 Å². The highest BCUT2D eigenvalue weighted by molar-refractivity contribution is 7.98. The lowest BCUT2D eigenvalue weighted by molar-refractivity contribution is 0.174. The molecule has 98 valence electrons. The number of benzene rings is 2. The minimum Gasteiger partial charge on any atom is -0.454 e. The average Bonchev–Trinajstić information content (AvgIpc) is 2.87. The van der Waals surface area contributed by atoms with Gasteiger partial charge in [-0.3, -0.25) is 0 Å². The molecule has 1 aliphatic heterocycles. The average molecular weight is 294 g/mol. The van der Waals surface area contributed by atoms with Crippen molar-refractivity contribution < 1.29 is 9.47 Å². The van der Waals surface area contributed by atoms with Crippen molar-refractivity contribution >= 4 is 29.1 Å². The van der Waals surface area contributed by atoms with Crippen molar-refractivity contribution in [3.05, 3.63) is 47.0 Å². The third-order valence-electron chi connectivity index (χ3n) is 2.79. The van der Waals surface area contributed by atoms with Crippen LogP contribution in [0.15, 0.2) is 41.3 Å². The molecule has 0 bridgehead atoms. The van der Waals surface area contributed by atoms with Crippen LogP contribution in [-0.4, -0.2) is 6.79 Å². The van der Waals surface area contributed by atoms with Gasteiger partial charge in [-0.2, -0.15) is 0 Å². The molecule has 0 fully saturated rings. The first-order chi connectivity index (χ1) is 9.22. The van der Waals surface area contributed by atoms with E-state index in [1.54, 1.807) is 17.8 Å². The fraction of sp³-hybridized carbons (Fsp3) is 0.143. The van der Waals surface area contributed by atoms with Crippen LogP contribution in [0.4, 0.5) is 5.69 Å². The molecule has 0 aliphatic carbocycles. The summed E-state index contributed by atoms with van der Waals surface area (Å²) >= 11 is 7.79. The molecule has 0 saturated carbocycles. The van der Waals surface area contributed by atoms with Gasteiger partial charge in [0.15, 0.2) is 11.5 Å². The van der Waals surface area contributed by atoms with Gasteiger partial charge in [0.05, 0.1) is 5.02 Å². The van der Waals surface area contributed by atoms with E-state index in [0.717, 1.165) is 38.4 Å². The zero-order valence-electron chi connectivity index (χ0n) is 10.1. The second-order valence-electron chi connectivity index (χ2n) is 4.17. The lowest BCUT2D eigenvalue weighted by Crippen LogP contribution is -1.92. The van der Waals surface area contributed by atoms with E-state index >= 15 is 0 Å². The molecule has 2 aromatic rings. The van der Waals surface area contributed by atoms with E-state index in [0.29, 0.717) is 6.79 Å². The fourth-order valence-electron chi connectivity index (χ4n) is 1.82. The number of nitrogen functional groups attached to an aromatic ring is 1. The molecule has 0 aromatic heterocycles. The summed E-state index contributed by atoms with van der Waals surface area (Å²) in [6.45, 7) is 0.299. The van der Waals surface area contributed by atoms with E-state index in [4.69, 9.17) is 26.8 Å². The predicted molar refractivity (Wildman–Crippen MR) is 78.0 cm³/mol. The number of hydrogen-bond acceptors (Lipinski definition) is 4. The molecule has 3 rings (SSSR count). The Morgan fingerprint density at radius 3 is 2.84 bits per heavy atom. The van der Waals surface area contributed by atoms with Crippen LogP contribution < -0.4 is 15.2 Å². The quantitative estimate of drug-likeness (QED) is 0.687. The fourth-order valence-corrected chi connectivity index (χ4v) is 3.03. The maximum Gasteiger partial charge on any atom is 0.231 e. The first-order valence-corrected chi connectivity index (χ1v) is 7.15. The number of fused-ring (bicyclic) bond motifs is 1. The minimum atomic E-state index is 0.299. The SMILES string of the molecule is Nc1ccc(Cl)c(SCc2ccc3c(c2)OCO3)c1. The van der Waals surface area contributed by atoms with Crippen LogP contribution in [0.2, 0.25) is 5.02 Å². The van der Waals surface area contributed by atoms with Crippen LogP contribution in [0.3, 0.4) is 0 Å². The summed E-state index contributed by atoms with van der Waals surface area (Å²) in [4.78, 5) is 0.985. The molecule has 2 aromatic carbocycles. The number of nitrogens with two attached hydrogens (primary N) is 1. The van der Waals surface area contributed by atoms with Gasteiger partial charge in [-0.25, -0.2) is 0 Å². The number of rotatable bonds is 3. The maximum atomic E-state index is 6.14. The molecule has 1 heterocycles. The second-order valence-corrected chi connectivity index (χ2v) is 5.59. The van der Waals surface area contributed by atoms with Crippen molar-refractivity contribution in [1.82, 2.24) is 0 Å². The molecule has 0 radical (unpaired) electrons. The first kappa shape index (κ1) is 12.5. The van der Waals surface area contributed by atoms with Crippen LogP contribution in [0.25, 0.3) is 0 Å². The van der Waals surface area contributed by atoms with Crippen LogP contribution in [0.5, 0.6) is 11.5 Å². The molecule has 19 heavy (non-hydrogen) atoms. The van der Waals surface area contributed by atoms with E-state index in [9.17, 15) is 0 Å². The lowest BCUT2D eigenvalue weighted by Gasteiger charge is -2.06. The van der Waals surface area contributed by atoms with E-state index in [1.165, 1.54) is 0 Å². The molecule has 0 spiro atoms. The summed E-state index contributed by atoms with van der Waals surface area (Å²) in [5.74, 6) is 2.41. The first-order valence-electron chi connectivity index (χ1n) is 5.79. The highest BCUT2D eigenvalue weighted by atomic mass is 35.5. The Morgan fingerprint density at radius 2 is 1.95 bits per heavy atom. The molecule has 3 nitrogen and oxygen atoms in total. The van der Waals surface area contributed by atoms with E-state index in [1.807, 2.05) is 30.3 Å². The number of anilines is 1. The summed E-state index contributed by atoms with van der Waals surface area (Å²) in [7, 11) is 0. The Hall–Kier alpha value is -1.52. The van der Waals surface area contributed by atoms with Gasteiger partial charge >= 0.3 is 0 Å². The van der Waals surface area contributed by atoms with Crippen molar-refractivity contribution in [2.24, 2.45) is 0 Å². The Bertz CT molecular complexity index is 618. The maximum absolute atomic E-state index is 6.14. The molecule has 0 unspecified atom stereocenters. The molecule has 1 aliphatic rings. The Kier molecular flexibility index (Phi) is 3.44. The van der Waals surface area contributed by atoms with Crippen molar-refractivity contribution in [3.63, 3.8) is 0 Å². The summed E-state index contributed by atoms with van der Waals surface area (Å²) in [6, 6.07) is 11.5. The molecule has 0 atom stereocenters. The third-order valence-corrected chi connectivity index (χ3v) is 4.35. The van der Waals surface area contributed by atoms with Gasteiger partial charge in [-0.15, -0.1) is 11.8 Å². The van der Waals surface area contributed by atoms with E-state index in [2.05, 4.69) is 0 Å². The van der Waals surface area contributed by atoms with Gasteiger partial charge in [-0.1, -0.05) is 17.7 Å². The van der Waals surface area contributed by atoms with Gasteiger partial charge < -0.3 is 15.2 Å². The highest BCUT2D eigenvalue weighted by Crippen LogP contribution is 2.36. The topological polar surface area (TPSA) is 44.5 Å². The summed E-state index contributed by atoms with van der Waals surface area (Å²) in [5, 5.41) is 0.722. The largest absolute Gasteiger partial charge is 0.454 e. The number of hydrogen-bond donors (Lipinski definition) is 1. The highest BCUT2D eigenvalue weighted by Gasteiger charge is 2.13. The lowest BCUT2D eigenvalue weighted by atomic mass is 10.2. The molecule has 2 N–H and O–H groups in total. The van der Waals surface area contributed by atoms with Crippen molar-refractivity contribution in [2.75, 3.05) is 12.5 Å². The van der Waals surface area contributed by atoms with Gasteiger partial charge in [-0.05, 0) is 35.9 Å². The standard InChI is InChI=1S/C14H12ClNO2S/c15-11-3-2-10(16)6-14(11)19-7-9-1-4-12-13(5-9)18-8-17-12/h1-6H,7-8,16H2. The molecule has 5 heteroatoms. The molecular formula is C14H12ClNO2S. The smallest absolute Gasteiger partial charge is 0.231 e. The van der Waals surface area contributed by atoms with E-state index < -0.39 is 0 Å². The van der Waals surface area contributed by atoms with Gasteiger partial charge in [0, 0.05) is 16.3 Å². The molecule has 0 amide bonds. The zero-order valence-corrected chi connectivity index (χ0v) is 11.6. The van der Waals surface area contributed by atoms with Crippen LogP contribution in [0, 0.1) is 0 Å². The Morgan fingerprint density at radius 1 is 1.11 bits per heavy atom. The van der Waals surface area contributed by atoms with E-state index in [-0.39, 0.29) is 0 Å². The normalized spacial score (nSPS) is 12.7. The van der Waals surface area contributed by atoms with Crippen molar-refractivity contribution in [1.29, 1.82) is 0 Å². The Labute approximate surface area is 120 Å². The van der Waals surface area contributed by atoms with Crippen molar-refractivity contribution in [2.45, 2.75) is 10.6 Å². The van der Waals surface area contributed by atoms with Crippen LogP contribution in [0.1, 0.15) is 5.56 Å². The Balaban J connectivity index is 1.74. The summed E-state index contributed by atoms with van der Waals surface area (Å²) < 4.78 is 10.6. The number of halogens is 1. The van der Waals surface area contributed by atoms with Crippen molar-refractivity contribution in [3.8, 4) is 11.5 Å². The second kappa shape index (κ2) is 5.23. The zero-order chi connectivity index (χ0) is 13.2. The van der Waals surface area contributed by atoms with Gasteiger partial charge in [0.25, 0.3) is 0 Å². The minimum absolute atomic E-state index is 0.299. The van der Waals surface area contributed by atoms with Crippen LogP contribution >= 0.6 is 23.4 Å². The molecular weight excluding hydrogens is 282 g/mol. The van der Waals surface area contributed by atoms with Gasteiger partial charge in [0.2, 0.25) is 6.79 Å². The summed E-state index contributed by atoms with van der Waals surface area (Å²) in [5.41, 5.74) is 7.64. The van der Waals surface area contributed by atoms with Gasteiger partial charge in [0.1, 0.15) is 0 Å². The third kappa shape index (κ3) is 2.74. The predicted octanol–water partition coefficient (Wildman–Crippen LogP) is 3.94. The molecule has 0 saturated heterocycles. The number of ether oxygens (including phenoxy) is 2. The number of thioether (sulfide) groups is 1.